The summed E-state index contributed by atoms with van der Waals surface area (Å²) >= 11 is 0. The molecule has 0 aromatic heterocycles. The molecule has 1 aliphatic rings. The second kappa shape index (κ2) is 8.00. The molecule has 1 aliphatic heterocycles. The summed E-state index contributed by atoms with van der Waals surface area (Å²) in [5.74, 6) is 1.45. The largest absolute Gasteiger partial charge is 0.493 e. The molecule has 0 radical (unpaired) electrons. The third-order valence-electron chi connectivity index (χ3n) is 5.63. The van der Waals surface area contributed by atoms with Crippen LogP contribution in [-0.4, -0.2) is 31.6 Å². The van der Waals surface area contributed by atoms with Gasteiger partial charge in [0.1, 0.15) is 0 Å². The monoisotopic (exact) mass is 387 g/mol. The quantitative estimate of drug-likeness (QED) is 0.645. The standard InChI is InChI=1S/C25H25NO3/c1-17-9-7-8-12-20(17)25(27)26-14-13-19-15-22(28-2)23(29-3)16-21(19)24(26)18-10-5-4-6-11-18/h4-12,15-16,24H,13-14H2,1-3H3/t24-/m1/s1. The van der Waals surface area contributed by atoms with Gasteiger partial charge in [-0.3, -0.25) is 4.79 Å². The van der Waals surface area contributed by atoms with E-state index in [0.717, 1.165) is 34.4 Å². The number of amides is 1. The summed E-state index contributed by atoms with van der Waals surface area (Å²) in [6.45, 7) is 2.63. The summed E-state index contributed by atoms with van der Waals surface area (Å²) in [6, 6.07) is 21.8. The zero-order valence-corrected chi connectivity index (χ0v) is 17.0. The van der Waals surface area contributed by atoms with Gasteiger partial charge >= 0.3 is 0 Å². The Morgan fingerprint density at radius 2 is 1.59 bits per heavy atom. The summed E-state index contributed by atoms with van der Waals surface area (Å²) in [5.41, 5.74) is 5.09. The highest BCUT2D eigenvalue weighted by Crippen LogP contribution is 2.41. The third kappa shape index (κ3) is 3.46. The summed E-state index contributed by atoms with van der Waals surface area (Å²) in [4.78, 5) is 15.5. The predicted molar refractivity (Wildman–Crippen MR) is 114 cm³/mol. The van der Waals surface area contributed by atoms with Crippen LogP contribution in [0.5, 0.6) is 11.5 Å². The van der Waals surface area contributed by atoms with Crippen molar-refractivity contribution in [2.45, 2.75) is 19.4 Å². The number of nitrogens with zero attached hydrogens (tertiary/aromatic N) is 1. The van der Waals surface area contributed by atoms with Crippen molar-refractivity contribution in [3.05, 3.63) is 94.5 Å². The number of rotatable bonds is 4. The first-order valence-corrected chi connectivity index (χ1v) is 9.80. The summed E-state index contributed by atoms with van der Waals surface area (Å²) in [7, 11) is 3.29. The molecule has 0 N–H and O–H groups in total. The number of carbonyl (C=O) groups excluding carboxylic acids is 1. The minimum Gasteiger partial charge on any atom is -0.493 e. The molecule has 0 saturated carbocycles. The van der Waals surface area contributed by atoms with E-state index in [1.165, 1.54) is 5.56 Å². The predicted octanol–water partition coefficient (Wildman–Crippen LogP) is 4.80. The van der Waals surface area contributed by atoms with Gasteiger partial charge in [-0.25, -0.2) is 0 Å². The number of carbonyl (C=O) groups is 1. The molecule has 0 unspecified atom stereocenters. The van der Waals surface area contributed by atoms with Crippen LogP contribution in [0.1, 0.15) is 38.7 Å². The van der Waals surface area contributed by atoms with Gasteiger partial charge in [-0.15, -0.1) is 0 Å². The number of methoxy groups -OCH3 is 2. The lowest BCUT2D eigenvalue weighted by Crippen LogP contribution is -2.41. The van der Waals surface area contributed by atoms with Gasteiger partial charge in [-0.05, 0) is 53.8 Å². The van der Waals surface area contributed by atoms with Crippen LogP contribution in [-0.2, 0) is 6.42 Å². The van der Waals surface area contributed by atoms with E-state index in [0.29, 0.717) is 12.3 Å². The van der Waals surface area contributed by atoms with Crippen molar-refractivity contribution in [2.24, 2.45) is 0 Å². The number of benzene rings is 3. The van der Waals surface area contributed by atoms with Crippen LogP contribution in [0.3, 0.4) is 0 Å². The minimum atomic E-state index is -0.174. The molecule has 0 aliphatic carbocycles. The first-order valence-electron chi connectivity index (χ1n) is 9.80. The molecule has 1 amide bonds. The number of hydrogen-bond donors (Lipinski definition) is 0. The smallest absolute Gasteiger partial charge is 0.254 e. The van der Waals surface area contributed by atoms with Gasteiger partial charge in [-0.1, -0.05) is 48.5 Å². The van der Waals surface area contributed by atoms with E-state index in [1.807, 2.05) is 66.4 Å². The Balaban J connectivity index is 1.86. The lowest BCUT2D eigenvalue weighted by Gasteiger charge is -2.38. The van der Waals surface area contributed by atoms with Crippen molar-refractivity contribution < 1.29 is 14.3 Å². The zero-order chi connectivity index (χ0) is 20.4. The fourth-order valence-electron chi connectivity index (χ4n) is 4.13. The van der Waals surface area contributed by atoms with E-state index in [1.54, 1.807) is 14.2 Å². The third-order valence-corrected chi connectivity index (χ3v) is 5.63. The number of hydrogen-bond acceptors (Lipinski definition) is 3. The summed E-state index contributed by atoms with van der Waals surface area (Å²) < 4.78 is 11.1. The van der Waals surface area contributed by atoms with Crippen molar-refractivity contribution in [1.29, 1.82) is 0 Å². The van der Waals surface area contributed by atoms with E-state index in [-0.39, 0.29) is 11.9 Å². The van der Waals surface area contributed by atoms with Crippen molar-refractivity contribution >= 4 is 5.91 Å². The molecule has 1 heterocycles. The molecule has 3 aromatic rings. The fourth-order valence-corrected chi connectivity index (χ4v) is 4.13. The van der Waals surface area contributed by atoms with E-state index in [4.69, 9.17) is 9.47 Å². The molecule has 0 spiro atoms. The molecule has 1 atom stereocenters. The molecule has 148 valence electrons. The average molecular weight is 387 g/mol. The van der Waals surface area contributed by atoms with Crippen LogP contribution < -0.4 is 9.47 Å². The number of aryl methyl sites for hydroxylation is 1. The van der Waals surface area contributed by atoms with Crippen LogP contribution in [0.25, 0.3) is 0 Å². The fraction of sp³-hybridized carbons (Fsp3) is 0.240. The maximum atomic E-state index is 13.6. The average Bonchev–Trinajstić information content (AvgIpc) is 2.77. The van der Waals surface area contributed by atoms with Crippen LogP contribution in [0.2, 0.25) is 0 Å². The molecule has 3 aromatic carbocycles. The van der Waals surface area contributed by atoms with Gasteiger partial charge in [0.05, 0.1) is 20.3 Å². The van der Waals surface area contributed by atoms with Gasteiger partial charge in [-0.2, -0.15) is 0 Å². The minimum absolute atomic E-state index is 0.0531. The topological polar surface area (TPSA) is 38.8 Å². The van der Waals surface area contributed by atoms with Gasteiger partial charge in [0.2, 0.25) is 0 Å². The van der Waals surface area contributed by atoms with E-state index < -0.39 is 0 Å². The Morgan fingerprint density at radius 1 is 0.931 bits per heavy atom. The second-order valence-corrected chi connectivity index (χ2v) is 7.28. The van der Waals surface area contributed by atoms with Crippen molar-refractivity contribution in [2.75, 3.05) is 20.8 Å². The molecular weight excluding hydrogens is 362 g/mol. The van der Waals surface area contributed by atoms with Crippen molar-refractivity contribution in [1.82, 2.24) is 4.90 Å². The van der Waals surface area contributed by atoms with E-state index in [2.05, 4.69) is 12.1 Å². The highest BCUT2D eigenvalue weighted by Gasteiger charge is 2.34. The second-order valence-electron chi connectivity index (χ2n) is 7.28. The van der Waals surface area contributed by atoms with Crippen molar-refractivity contribution in [3.8, 4) is 11.5 Å². The number of ether oxygens (including phenoxy) is 2. The van der Waals surface area contributed by atoms with Crippen LogP contribution >= 0.6 is 0 Å². The maximum absolute atomic E-state index is 13.6. The molecular formula is C25H25NO3. The Bertz CT molecular complexity index is 1030. The maximum Gasteiger partial charge on any atom is 0.254 e. The summed E-state index contributed by atoms with van der Waals surface area (Å²) in [5, 5.41) is 0. The lowest BCUT2D eigenvalue weighted by molar-refractivity contribution is 0.0693. The van der Waals surface area contributed by atoms with Gasteiger partial charge in [0, 0.05) is 12.1 Å². The molecule has 4 rings (SSSR count). The Kier molecular flexibility index (Phi) is 5.26. The molecule has 4 heteroatoms. The van der Waals surface area contributed by atoms with E-state index in [9.17, 15) is 4.79 Å². The normalized spacial score (nSPS) is 15.6. The molecule has 0 saturated heterocycles. The Hall–Kier alpha value is -3.27. The number of fused-ring (bicyclic) bond motifs is 1. The SMILES string of the molecule is COc1cc2c(cc1OC)[C@@H](c1ccccc1)N(C(=O)c1ccccc1C)CC2. The van der Waals surface area contributed by atoms with Crippen LogP contribution in [0, 0.1) is 6.92 Å². The van der Waals surface area contributed by atoms with Gasteiger partial charge < -0.3 is 14.4 Å². The Morgan fingerprint density at radius 3 is 2.28 bits per heavy atom. The molecule has 4 nitrogen and oxygen atoms in total. The van der Waals surface area contributed by atoms with E-state index >= 15 is 0 Å². The highest BCUT2D eigenvalue weighted by atomic mass is 16.5. The Labute approximate surface area is 171 Å². The molecule has 0 bridgehead atoms. The van der Waals surface area contributed by atoms with Crippen molar-refractivity contribution in [3.63, 3.8) is 0 Å². The lowest BCUT2D eigenvalue weighted by atomic mass is 9.87. The highest BCUT2D eigenvalue weighted by molar-refractivity contribution is 5.96. The first-order chi connectivity index (χ1) is 14.1. The first kappa shape index (κ1) is 19.1. The van der Waals surface area contributed by atoms with Gasteiger partial charge in [0.25, 0.3) is 5.91 Å². The van der Waals surface area contributed by atoms with Crippen LogP contribution in [0.15, 0.2) is 66.7 Å². The summed E-state index contributed by atoms with van der Waals surface area (Å²) in [6.07, 6.45) is 0.774. The van der Waals surface area contributed by atoms with Gasteiger partial charge in [0.15, 0.2) is 11.5 Å². The van der Waals surface area contributed by atoms with Crippen LogP contribution in [0.4, 0.5) is 0 Å². The zero-order valence-electron chi connectivity index (χ0n) is 17.0. The molecule has 29 heavy (non-hydrogen) atoms. The molecule has 0 fully saturated rings.